The number of nitrogens with one attached hydrogen (secondary N) is 3. The van der Waals surface area contributed by atoms with Gasteiger partial charge in [-0.05, 0) is 27.7 Å². The Hall–Kier alpha value is -8.88. The van der Waals surface area contributed by atoms with Crippen molar-refractivity contribution in [2.45, 2.75) is 117 Å². The lowest BCUT2D eigenvalue weighted by Gasteiger charge is -2.37. The summed E-state index contributed by atoms with van der Waals surface area (Å²) in [4.78, 5) is 78.8. The first-order chi connectivity index (χ1) is 42.8. The van der Waals surface area contributed by atoms with Gasteiger partial charge in [-0.1, -0.05) is 13.8 Å². The minimum Gasteiger partial charge on any atom is -0.478 e. The molecule has 0 saturated carbocycles. The maximum absolute atomic E-state index is 13.4. The number of ketones is 2. The highest BCUT2D eigenvalue weighted by Crippen LogP contribution is 2.35. The van der Waals surface area contributed by atoms with E-state index in [0.717, 1.165) is 13.2 Å². The quantitative estimate of drug-likeness (QED) is 0.0487. The average molecular weight is 1290 g/mol. The van der Waals surface area contributed by atoms with E-state index < -0.39 is 76.4 Å². The highest BCUT2D eigenvalue weighted by atomic mass is 19.2. The molecule has 488 valence electrons. The molecule has 0 bridgehead atoms. The number of rotatable bonds is 10. The molecule has 3 atom stereocenters. The summed E-state index contributed by atoms with van der Waals surface area (Å²) < 4.78 is 140. The number of aromatic carboxylic acids is 1. The molecule has 6 N–H and O–H groups in total. The fourth-order valence-electron chi connectivity index (χ4n) is 10.6. The zero-order valence-corrected chi connectivity index (χ0v) is 50.0. The first kappa shape index (κ1) is 66.5. The molecule has 0 unspecified atom stereocenters. The van der Waals surface area contributed by atoms with E-state index in [1.807, 2.05) is 20.8 Å². The number of ether oxygens (including phenoxy) is 3. The zero-order valence-electron chi connectivity index (χ0n) is 50.0. The Balaban J connectivity index is 0.000000155. The molecular weight excluding hydrogens is 1220 g/mol. The predicted octanol–water partition coefficient (Wildman–Crippen LogP) is 8.86. The highest BCUT2D eigenvalue weighted by Gasteiger charge is 2.41. The van der Waals surface area contributed by atoms with Crippen molar-refractivity contribution in [3.63, 3.8) is 0 Å². The fourth-order valence-corrected chi connectivity index (χ4v) is 10.6. The van der Waals surface area contributed by atoms with Gasteiger partial charge in [-0.15, -0.1) is 0 Å². The van der Waals surface area contributed by atoms with Crippen LogP contribution in [0, 0.1) is 63.2 Å². The van der Waals surface area contributed by atoms with E-state index in [9.17, 15) is 68.3 Å². The normalized spacial score (nSPS) is 19.5. The molecule has 3 fully saturated rings. The molecule has 32 heteroatoms. The first-order valence-electron chi connectivity index (χ1n) is 28.4. The van der Waals surface area contributed by atoms with Crippen LogP contribution in [0.15, 0.2) is 55.0 Å². The summed E-state index contributed by atoms with van der Waals surface area (Å²) in [5.41, 5.74) is 6.90. The van der Waals surface area contributed by atoms with Crippen LogP contribution in [-0.2, 0) is 53.5 Å². The Labute approximate surface area is 513 Å². The number of carboxylic acids is 1. The number of hydrogen-bond acceptors (Lipinski definition) is 13. The number of benzene rings is 3. The summed E-state index contributed by atoms with van der Waals surface area (Å²) in [5, 5.41) is 28.7. The lowest BCUT2D eigenvalue weighted by Crippen LogP contribution is -2.54. The summed E-state index contributed by atoms with van der Waals surface area (Å²) in [6, 6.07) is 1.35. The zero-order chi connectivity index (χ0) is 66.2. The lowest BCUT2D eigenvalue weighted by atomic mass is 9.82. The number of carbonyl (C=O) groups is 6. The van der Waals surface area contributed by atoms with Gasteiger partial charge in [0.2, 0.25) is 0 Å². The molecule has 12 rings (SSSR count). The van der Waals surface area contributed by atoms with E-state index in [0.29, 0.717) is 117 Å². The van der Waals surface area contributed by atoms with Crippen LogP contribution in [0.4, 0.5) is 71.0 Å². The third kappa shape index (κ3) is 15.0. The minimum absolute atomic E-state index is 0. The summed E-state index contributed by atoms with van der Waals surface area (Å²) >= 11 is 0. The predicted molar refractivity (Wildman–Crippen MR) is 304 cm³/mol. The first-order valence-corrected chi connectivity index (χ1v) is 28.4. The van der Waals surface area contributed by atoms with Gasteiger partial charge < -0.3 is 55.7 Å². The number of carboxylic acid groups (broad SMARTS) is 1. The second-order valence-electron chi connectivity index (χ2n) is 24.3. The van der Waals surface area contributed by atoms with Crippen molar-refractivity contribution < 1.29 is 87.6 Å². The Kier molecular flexibility index (Phi) is 19.4. The van der Waals surface area contributed by atoms with E-state index in [2.05, 4.69) is 31.2 Å². The number of anilines is 3. The maximum atomic E-state index is 13.4. The van der Waals surface area contributed by atoms with Crippen LogP contribution in [0.25, 0.3) is 0 Å². The monoisotopic (exact) mass is 1290 g/mol. The Morgan fingerprint density at radius 3 is 0.967 bits per heavy atom. The van der Waals surface area contributed by atoms with Gasteiger partial charge in [0, 0.05) is 77.1 Å². The van der Waals surface area contributed by atoms with E-state index >= 15 is 0 Å². The van der Waals surface area contributed by atoms with Crippen LogP contribution in [0.1, 0.15) is 103 Å². The Morgan fingerprint density at radius 2 is 0.736 bits per heavy atom. The molecule has 0 aliphatic carbocycles. The molecule has 6 aliphatic rings. The number of halogens is 9. The summed E-state index contributed by atoms with van der Waals surface area (Å²) in [5.74, 6) is -14.5. The van der Waals surface area contributed by atoms with Crippen molar-refractivity contribution in [2.24, 2.45) is 16.6 Å². The third-order valence-corrected chi connectivity index (χ3v) is 15.9. The second kappa shape index (κ2) is 26.5. The van der Waals surface area contributed by atoms with Crippen molar-refractivity contribution in [2.75, 3.05) is 55.6 Å². The smallest absolute Gasteiger partial charge is 0.339 e. The number of nitrogens with two attached hydrogens (primary N) is 1. The fraction of sp³-hybridized carbons (Fsp3) is 0.441. The number of nitrogens with zero attached hydrogens (tertiary/aromatic N) is 9. The summed E-state index contributed by atoms with van der Waals surface area (Å²) in [7, 11) is 0. The molecule has 6 aromatic rings. The van der Waals surface area contributed by atoms with Gasteiger partial charge in [-0.25, -0.2) is 58.7 Å². The van der Waals surface area contributed by atoms with Crippen LogP contribution in [-0.4, -0.2) is 148 Å². The van der Waals surface area contributed by atoms with Gasteiger partial charge in [0.05, 0.1) is 149 Å². The highest BCUT2D eigenvalue weighted by molar-refractivity contribution is 5.99. The second-order valence-corrected chi connectivity index (χ2v) is 24.3. The minimum atomic E-state index is -1.63. The number of amides is 6. The number of urea groups is 3. The lowest BCUT2D eigenvalue weighted by molar-refractivity contribution is -0.0997. The summed E-state index contributed by atoms with van der Waals surface area (Å²) in [6.45, 7) is 16.0. The van der Waals surface area contributed by atoms with Crippen LogP contribution >= 0.6 is 0 Å². The number of hydrogen-bond donors (Lipinski definition) is 5. The molecule has 3 saturated heterocycles. The molecule has 3 aromatic carbocycles. The molecule has 91 heavy (non-hydrogen) atoms. The van der Waals surface area contributed by atoms with Gasteiger partial charge in [0.15, 0.2) is 63.9 Å². The van der Waals surface area contributed by atoms with Crippen LogP contribution in [0.2, 0.25) is 0 Å². The van der Waals surface area contributed by atoms with Gasteiger partial charge in [0.1, 0.15) is 5.56 Å². The van der Waals surface area contributed by atoms with Gasteiger partial charge in [-0.3, -0.25) is 23.6 Å². The molecular formula is C59H64F9N13O10. The Morgan fingerprint density at radius 1 is 0.484 bits per heavy atom. The van der Waals surface area contributed by atoms with E-state index in [4.69, 9.17) is 25.1 Å². The van der Waals surface area contributed by atoms with Gasteiger partial charge in [0.25, 0.3) is 0 Å². The van der Waals surface area contributed by atoms with Crippen molar-refractivity contribution in [1.29, 1.82) is 0 Å². The van der Waals surface area contributed by atoms with Crippen molar-refractivity contribution in [1.82, 2.24) is 44.0 Å². The van der Waals surface area contributed by atoms with E-state index in [1.165, 1.54) is 38.0 Å². The van der Waals surface area contributed by atoms with Crippen molar-refractivity contribution in [3.05, 3.63) is 141 Å². The Bertz CT molecular complexity index is 3580. The topological polar surface area (TPSA) is 276 Å². The molecule has 6 amide bonds. The average Bonchev–Trinajstić information content (AvgIpc) is 1.83. The largest absolute Gasteiger partial charge is 0.478 e. The maximum Gasteiger partial charge on any atom is 0.339 e. The molecule has 23 nitrogen and oxygen atoms in total. The van der Waals surface area contributed by atoms with Crippen molar-refractivity contribution >= 4 is 52.7 Å². The van der Waals surface area contributed by atoms with Gasteiger partial charge >= 0.3 is 24.1 Å². The third-order valence-electron chi connectivity index (χ3n) is 15.9. The molecule has 6 aliphatic heterocycles. The molecule has 0 radical (unpaired) electrons. The van der Waals surface area contributed by atoms with Crippen molar-refractivity contribution in [3.8, 4) is 0 Å². The summed E-state index contributed by atoms with van der Waals surface area (Å²) in [6.07, 6.45) is 4.87. The number of Topliss-reactive ketones (excluding diaryl/α,β-unsaturated/α-hetero) is 2. The van der Waals surface area contributed by atoms with Gasteiger partial charge in [-0.2, -0.15) is 15.3 Å². The standard InChI is InChI=1S/2C20H21F3N4O3.C15H13F3N4O3.C4H9NO/c2*1-11-7-27-16(13(6-24-27)17(28)5-20(2)9-30-10-20)8-26(11)19(29)25-12-3-14(21)18(23)15(22)4-12;1-7-5-22-12(9(4-19-22)14(23)24)6-21(7)15(25)20-8-2-10(16)13(18)11(17)3-8;1-4(5)2-6-3-4/h2*3-4,6,11H,5,7-10H2,1-2H3,(H,25,29);2-4,7H,5-6H2,1H3,(H,20,25)(H,23,24);2-3,5H2,1H3/t2*11-;7-;/m000./s1. The number of aromatic nitrogens is 6. The molecule has 9 heterocycles. The van der Waals surface area contributed by atoms with E-state index in [-0.39, 0.29) is 94.9 Å². The van der Waals surface area contributed by atoms with Crippen LogP contribution in [0.5, 0.6) is 0 Å². The number of carbonyl (C=O) groups excluding carboxylic acids is 5. The SMILES string of the molecule is CC1(N)COC1.C[C@H]1Cn2ncc(C(=O)CC3(C)COC3)c2CN1C(=O)Nc1cc(F)c(F)c(F)c1.C[C@H]1Cn2ncc(C(=O)CC3(C)COC3)c2CN1C(=O)Nc1cc(F)c(F)c(F)c1.C[C@H]1Cn2ncc(C(=O)O)c2CN1C(=O)Nc1cc(F)c(F)c(F)c1. The van der Waals surface area contributed by atoms with E-state index in [1.54, 1.807) is 30.1 Å². The number of fused-ring (bicyclic) bond motifs is 3. The van der Waals surface area contributed by atoms with Crippen LogP contribution in [0.3, 0.4) is 0 Å². The molecule has 3 aromatic heterocycles. The molecule has 0 spiro atoms. The van der Waals surface area contributed by atoms with Crippen LogP contribution < -0.4 is 21.7 Å².